The van der Waals surface area contributed by atoms with E-state index in [9.17, 15) is 0 Å². The lowest BCUT2D eigenvalue weighted by atomic mass is 9.96. The average Bonchev–Trinajstić information content (AvgIpc) is 2.82. The van der Waals surface area contributed by atoms with Crippen LogP contribution in [0.1, 0.15) is 50.3 Å². The molecule has 0 aliphatic carbocycles. The summed E-state index contributed by atoms with van der Waals surface area (Å²) in [7, 11) is 0. The first-order valence-corrected chi connectivity index (χ1v) is 7.23. The molecule has 1 fully saturated rings. The van der Waals surface area contributed by atoms with Crippen LogP contribution in [-0.2, 0) is 6.42 Å². The zero-order chi connectivity index (χ0) is 13.0. The molecule has 1 aromatic carbocycles. The highest BCUT2D eigenvalue weighted by molar-refractivity contribution is 5.25. The highest BCUT2D eigenvalue weighted by atomic mass is 14.9. The quantitative estimate of drug-likeness (QED) is 0.838. The van der Waals surface area contributed by atoms with Gasteiger partial charge in [0.15, 0.2) is 0 Å². The monoisotopic (exact) mass is 246 g/mol. The fourth-order valence-electron chi connectivity index (χ4n) is 2.77. The van der Waals surface area contributed by atoms with Crippen LogP contribution in [0.25, 0.3) is 0 Å². The predicted octanol–water partition coefficient (Wildman–Crippen LogP) is 3.03. The maximum Gasteiger partial charge on any atom is 0.0309 e. The number of rotatable bonds is 5. The Morgan fingerprint density at radius 3 is 2.56 bits per heavy atom. The summed E-state index contributed by atoms with van der Waals surface area (Å²) in [6.07, 6.45) is 4.78. The van der Waals surface area contributed by atoms with Crippen molar-refractivity contribution in [2.24, 2.45) is 11.7 Å². The van der Waals surface area contributed by atoms with Gasteiger partial charge in [0.2, 0.25) is 0 Å². The Morgan fingerprint density at radius 1 is 1.28 bits per heavy atom. The van der Waals surface area contributed by atoms with Gasteiger partial charge < -0.3 is 11.1 Å². The van der Waals surface area contributed by atoms with Gasteiger partial charge in [-0.2, -0.15) is 0 Å². The Hall–Kier alpha value is -0.860. The SMILES string of the molecule is CC(C)Cc1ccc(C(N)CC2CCCN2)cc1. The molecule has 1 heterocycles. The Kier molecular flexibility index (Phi) is 4.79. The molecule has 1 aromatic rings. The number of hydrogen-bond donors (Lipinski definition) is 2. The predicted molar refractivity (Wildman–Crippen MR) is 77.6 cm³/mol. The minimum atomic E-state index is 0.175. The van der Waals surface area contributed by atoms with Gasteiger partial charge in [-0.15, -0.1) is 0 Å². The van der Waals surface area contributed by atoms with Crippen molar-refractivity contribution < 1.29 is 0 Å². The fraction of sp³-hybridized carbons (Fsp3) is 0.625. The maximum absolute atomic E-state index is 6.29. The Balaban J connectivity index is 1.91. The third kappa shape index (κ3) is 3.82. The molecule has 1 saturated heterocycles. The summed E-state index contributed by atoms with van der Waals surface area (Å²) in [5.74, 6) is 0.715. The van der Waals surface area contributed by atoms with E-state index in [0.717, 1.165) is 19.4 Å². The molecule has 0 amide bonds. The fourth-order valence-corrected chi connectivity index (χ4v) is 2.77. The van der Waals surface area contributed by atoms with E-state index in [4.69, 9.17) is 5.73 Å². The van der Waals surface area contributed by atoms with Gasteiger partial charge in [-0.3, -0.25) is 0 Å². The van der Waals surface area contributed by atoms with Gasteiger partial charge in [-0.05, 0) is 49.3 Å². The van der Waals surface area contributed by atoms with Crippen molar-refractivity contribution in [3.8, 4) is 0 Å². The summed E-state index contributed by atoms with van der Waals surface area (Å²) in [5, 5.41) is 3.51. The molecule has 18 heavy (non-hydrogen) atoms. The highest BCUT2D eigenvalue weighted by Gasteiger charge is 2.18. The Morgan fingerprint density at radius 2 is 2.00 bits per heavy atom. The van der Waals surface area contributed by atoms with Crippen LogP contribution in [0.5, 0.6) is 0 Å². The number of hydrogen-bond acceptors (Lipinski definition) is 2. The van der Waals surface area contributed by atoms with Gasteiger partial charge in [0.25, 0.3) is 0 Å². The Bertz CT molecular complexity index is 350. The van der Waals surface area contributed by atoms with Crippen LogP contribution in [0.15, 0.2) is 24.3 Å². The van der Waals surface area contributed by atoms with Crippen LogP contribution >= 0.6 is 0 Å². The van der Waals surface area contributed by atoms with Gasteiger partial charge in [-0.25, -0.2) is 0 Å². The minimum absolute atomic E-state index is 0.175. The molecule has 2 nitrogen and oxygen atoms in total. The van der Waals surface area contributed by atoms with E-state index in [1.54, 1.807) is 0 Å². The summed E-state index contributed by atoms with van der Waals surface area (Å²) in [6, 6.07) is 9.67. The molecule has 1 aliphatic heterocycles. The largest absolute Gasteiger partial charge is 0.324 e. The molecule has 100 valence electrons. The minimum Gasteiger partial charge on any atom is -0.324 e. The van der Waals surface area contributed by atoms with E-state index in [0.29, 0.717) is 12.0 Å². The van der Waals surface area contributed by atoms with Crippen molar-refractivity contribution >= 4 is 0 Å². The molecule has 2 heteroatoms. The zero-order valence-corrected chi connectivity index (χ0v) is 11.7. The molecule has 2 atom stereocenters. The van der Waals surface area contributed by atoms with E-state index in [2.05, 4.69) is 43.4 Å². The van der Waals surface area contributed by atoms with Crippen LogP contribution in [0.2, 0.25) is 0 Å². The van der Waals surface area contributed by atoms with Crippen LogP contribution in [0, 0.1) is 5.92 Å². The molecule has 3 N–H and O–H groups in total. The molecule has 0 saturated carbocycles. The molecular formula is C16H26N2. The maximum atomic E-state index is 6.29. The van der Waals surface area contributed by atoms with Crippen molar-refractivity contribution in [2.45, 2.75) is 51.6 Å². The van der Waals surface area contributed by atoms with Crippen molar-refractivity contribution in [2.75, 3.05) is 6.54 Å². The topological polar surface area (TPSA) is 38.0 Å². The summed E-state index contributed by atoms with van der Waals surface area (Å²) in [4.78, 5) is 0. The lowest BCUT2D eigenvalue weighted by Gasteiger charge is -2.17. The van der Waals surface area contributed by atoms with E-state index >= 15 is 0 Å². The molecule has 0 bridgehead atoms. The van der Waals surface area contributed by atoms with Gasteiger partial charge in [0.1, 0.15) is 0 Å². The third-order valence-electron chi connectivity index (χ3n) is 3.75. The van der Waals surface area contributed by atoms with Crippen molar-refractivity contribution in [1.29, 1.82) is 0 Å². The first-order valence-electron chi connectivity index (χ1n) is 7.23. The summed E-state index contributed by atoms with van der Waals surface area (Å²) >= 11 is 0. The third-order valence-corrected chi connectivity index (χ3v) is 3.75. The standard InChI is InChI=1S/C16H26N2/c1-12(2)10-13-5-7-14(8-6-13)16(17)11-15-4-3-9-18-15/h5-8,12,15-16,18H,3-4,9-11,17H2,1-2H3. The second kappa shape index (κ2) is 6.35. The molecule has 1 aliphatic rings. The normalized spacial score (nSPS) is 21.4. The summed E-state index contributed by atoms with van der Waals surface area (Å²) in [5.41, 5.74) is 8.98. The highest BCUT2D eigenvalue weighted by Crippen LogP contribution is 2.21. The van der Waals surface area contributed by atoms with Crippen LogP contribution in [0.3, 0.4) is 0 Å². The van der Waals surface area contributed by atoms with Gasteiger partial charge in [0, 0.05) is 12.1 Å². The second-order valence-corrected chi connectivity index (χ2v) is 5.98. The van der Waals surface area contributed by atoms with Crippen molar-refractivity contribution in [3.63, 3.8) is 0 Å². The first-order chi connectivity index (χ1) is 8.65. The number of benzene rings is 1. The molecule has 0 aromatic heterocycles. The summed E-state index contributed by atoms with van der Waals surface area (Å²) < 4.78 is 0. The molecule has 2 unspecified atom stereocenters. The van der Waals surface area contributed by atoms with E-state index in [1.807, 2.05) is 0 Å². The van der Waals surface area contributed by atoms with Crippen LogP contribution in [-0.4, -0.2) is 12.6 Å². The van der Waals surface area contributed by atoms with Gasteiger partial charge >= 0.3 is 0 Å². The van der Waals surface area contributed by atoms with Crippen LogP contribution < -0.4 is 11.1 Å². The average molecular weight is 246 g/mol. The first kappa shape index (κ1) is 13.6. The number of nitrogens with one attached hydrogen (secondary N) is 1. The van der Waals surface area contributed by atoms with Gasteiger partial charge in [-0.1, -0.05) is 38.1 Å². The van der Waals surface area contributed by atoms with E-state index in [1.165, 1.54) is 24.0 Å². The van der Waals surface area contributed by atoms with E-state index < -0.39 is 0 Å². The molecular weight excluding hydrogens is 220 g/mol. The summed E-state index contributed by atoms with van der Waals surface area (Å²) in [6.45, 7) is 5.67. The molecule has 0 radical (unpaired) electrons. The zero-order valence-electron chi connectivity index (χ0n) is 11.7. The lowest BCUT2D eigenvalue weighted by molar-refractivity contribution is 0.499. The van der Waals surface area contributed by atoms with Gasteiger partial charge in [0.05, 0.1) is 0 Å². The van der Waals surface area contributed by atoms with Crippen molar-refractivity contribution in [1.82, 2.24) is 5.32 Å². The van der Waals surface area contributed by atoms with Crippen LogP contribution in [0.4, 0.5) is 0 Å². The lowest BCUT2D eigenvalue weighted by Crippen LogP contribution is -2.26. The molecule has 2 rings (SSSR count). The molecule has 0 spiro atoms. The smallest absolute Gasteiger partial charge is 0.0309 e. The van der Waals surface area contributed by atoms with Crippen molar-refractivity contribution in [3.05, 3.63) is 35.4 Å². The Labute approximate surface area is 111 Å². The second-order valence-electron chi connectivity index (χ2n) is 5.98. The van der Waals surface area contributed by atoms with E-state index in [-0.39, 0.29) is 6.04 Å². The number of nitrogens with two attached hydrogens (primary N) is 1.